The summed E-state index contributed by atoms with van der Waals surface area (Å²) in [5, 5.41) is 14.2. The summed E-state index contributed by atoms with van der Waals surface area (Å²) in [6, 6.07) is 9.45. The monoisotopic (exact) mass is 376 g/mol. The molecule has 0 aliphatic carbocycles. The third kappa shape index (κ3) is 4.39. The molecule has 0 radical (unpaired) electrons. The van der Waals surface area contributed by atoms with Crippen molar-refractivity contribution in [2.75, 3.05) is 6.26 Å². The van der Waals surface area contributed by atoms with Crippen LogP contribution in [0.25, 0.3) is 0 Å². The van der Waals surface area contributed by atoms with Crippen LogP contribution in [0.4, 0.5) is 0 Å². The number of benzene rings is 1. The van der Waals surface area contributed by atoms with Crippen molar-refractivity contribution in [3.8, 4) is 6.07 Å². The van der Waals surface area contributed by atoms with Crippen LogP contribution in [0.15, 0.2) is 46.1 Å². The van der Waals surface area contributed by atoms with Crippen LogP contribution in [0, 0.1) is 11.3 Å². The molecule has 0 bridgehead atoms. The number of nitrogens with one attached hydrogen (secondary N) is 1. The molecule has 1 heterocycles. The maximum absolute atomic E-state index is 12.8. The predicted octanol–water partition coefficient (Wildman–Crippen LogP) is 4.74. The Bertz CT molecular complexity index is 783. The van der Waals surface area contributed by atoms with Crippen LogP contribution >= 0.6 is 23.4 Å². The molecule has 25 heavy (non-hydrogen) atoms. The molecular formula is C19H21ClN2O2S. The molecule has 1 atom stereocenters. The summed E-state index contributed by atoms with van der Waals surface area (Å²) >= 11 is 7.44. The van der Waals surface area contributed by atoms with Gasteiger partial charge < -0.3 is 10.1 Å². The van der Waals surface area contributed by atoms with Crippen LogP contribution in [0.5, 0.6) is 0 Å². The SMILES string of the molecule is CSC1=C(C#N)C(c2ccc(Cl)cc2)C(C(=O)OC(C)(C)C)=C(C)N1. The van der Waals surface area contributed by atoms with Gasteiger partial charge in [0.05, 0.1) is 28.2 Å². The molecule has 1 aliphatic heterocycles. The number of halogens is 1. The summed E-state index contributed by atoms with van der Waals surface area (Å²) in [6.07, 6.45) is 1.89. The Morgan fingerprint density at radius 3 is 2.40 bits per heavy atom. The van der Waals surface area contributed by atoms with Crippen molar-refractivity contribution in [2.24, 2.45) is 0 Å². The summed E-state index contributed by atoms with van der Waals surface area (Å²) in [4.78, 5) is 12.8. The topological polar surface area (TPSA) is 62.1 Å². The highest BCUT2D eigenvalue weighted by molar-refractivity contribution is 8.02. The molecule has 0 saturated heterocycles. The van der Waals surface area contributed by atoms with Gasteiger partial charge in [-0.25, -0.2) is 4.79 Å². The predicted molar refractivity (Wildman–Crippen MR) is 102 cm³/mol. The molecule has 0 saturated carbocycles. The van der Waals surface area contributed by atoms with E-state index in [4.69, 9.17) is 16.3 Å². The van der Waals surface area contributed by atoms with E-state index in [0.717, 1.165) is 10.6 Å². The number of nitrogens with zero attached hydrogens (tertiary/aromatic N) is 1. The average Bonchev–Trinajstić information content (AvgIpc) is 2.52. The fourth-order valence-corrected chi connectivity index (χ4v) is 3.43. The van der Waals surface area contributed by atoms with E-state index in [9.17, 15) is 10.1 Å². The van der Waals surface area contributed by atoms with Crippen LogP contribution in [0.3, 0.4) is 0 Å². The zero-order valence-corrected chi connectivity index (χ0v) is 16.5. The number of allylic oxidation sites excluding steroid dienone is 2. The highest BCUT2D eigenvalue weighted by Crippen LogP contribution is 2.41. The van der Waals surface area contributed by atoms with Crippen molar-refractivity contribution in [3.63, 3.8) is 0 Å². The van der Waals surface area contributed by atoms with Crippen LogP contribution in [0.1, 0.15) is 39.2 Å². The highest BCUT2D eigenvalue weighted by atomic mass is 35.5. The fourth-order valence-electron chi connectivity index (χ4n) is 2.67. The molecule has 1 unspecified atom stereocenters. The Morgan fingerprint density at radius 2 is 1.92 bits per heavy atom. The Hall–Kier alpha value is -1.90. The Kier molecular flexibility index (Phi) is 5.87. The second-order valence-corrected chi connectivity index (χ2v) is 7.96. The second-order valence-electron chi connectivity index (χ2n) is 6.71. The molecular weight excluding hydrogens is 356 g/mol. The lowest BCUT2D eigenvalue weighted by atomic mass is 9.82. The van der Waals surface area contributed by atoms with Gasteiger partial charge in [0.2, 0.25) is 0 Å². The number of carbonyl (C=O) groups is 1. The van der Waals surface area contributed by atoms with E-state index < -0.39 is 17.5 Å². The zero-order chi connectivity index (χ0) is 18.8. The third-order valence-electron chi connectivity index (χ3n) is 3.67. The third-order valence-corrected chi connectivity index (χ3v) is 4.66. The first-order chi connectivity index (χ1) is 11.7. The van der Waals surface area contributed by atoms with E-state index in [1.54, 1.807) is 12.1 Å². The Balaban J connectivity index is 2.60. The number of esters is 1. The average molecular weight is 377 g/mol. The molecule has 1 aromatic rings. The van der Waals surface area contributed by atoms with Gasteiger partial charge in [0.25, 0.3) is 0 Å². The summed E-state index contributed by atoms with van der Waals surface area (Å²) < 4.78 is 5.58. The number of carbonyl (C=O) groups excluding carboxylic acids is 1. The van der Waals surface area contributed by atoms with Gasteiger partial charge in [0.15, 0.2) is 0 Å². The number of ether oxygens (including phenoxy) is 1. The van der Waals surface area contributed by atoms with E-state index in [2.05, 4.69) is 11.4 Å². The zero-order valence-electron chi connectivity index (χ0n) is 14.9. The summed E-state index contributed by atoms with van der Waals surface area (Å²) in [5.74, 6) is -0.911. The maximum atomic E-state index is 12.8. The molecule has 0 aromatic heterocycles. The number of rotatable bonds is 3. The van der Waals surface area contributed by atoms with Gasteiger partial charge in [-0.3, -0.25) is 0 Å². The van der Waals surface area contributed by atoms with Gasteiger partial charge in [-0.05, 0) is 51.6 Å². The van der Waals surface area contributed by atoms with Gasteiger partial charge in [-0.15, -0.1) is 11.8 Å². The first kappa shape index (κ1) is 19.4. The molecule has 0 amide bonds. The van der Waals surface area contributed by atoms with Gasteiger partial charge in [-0.1, -0.05) is 23.7 Å². The Morgan fingerprint density at radius 1 is 1.32 bits per heavy atom. The van der Waals surface area contributed by atoms with E-state index >= 15 is 0 Å². The minimum absolute atomic E-state index is 0.426. The first-order valence-electron chi connectivity index (χ1n) is 7.82. The standard InChI is InChI=1S/C19H21ClN2O2S/c1-11-15(18(23)24-19(2,3)4)16(12-6-8-13(20)9-7-12)14(10-21)17(22-11)25-5/h6-9,16,22H,1-5H3. The summed E-state index contributed by atoms with van der Waals surface area (Å²) in [5.41, 5.74) is 1.85. The molecule has 0 fully saturated rings. The number of hydrogen-bond acceptors (Lipinski definition) is 5. The number of dihydropyridines is 1. The molecule has 4 nitrogen and oxygen atoms in total. The summed E-state index contributed by atoms with van der Waals surface area (Å²) in [6.45, 7) is 7.29. The van der Waals surface area contributed by atoms with Crippen molar-refractivity contribution in [1.82, 2.24) is 5.32 Å². The van der Waals surface area contributed by atoms with Crippen LogP contribution < -0.4 is 5.32 Å². The highest BCUT2D eigenvalue weighted by Gasteiger charge is 2.36. The van der Waals surface area contributed by atoms with E-state index in [1.807, 2.05) is 46.1 Å². The van der Waals surface area contributed by atoms with Gasteiger partial charge in [0, 0.05) is 10.7 Å². The Labute approximate surface area is 157 Å². The van der Waals surface area contributed by atoms with Crippen LogP contribution in [-0.4, -0.2) is 17.8 Å². The molecule has 1 N–H and O–H groups in total. The van der Waals surface area contributed by atoms with Crippen molar-refractivity contribution in [3.05, 3.63) is 56.7 Å². The second kappa shape index (κ2) is 7.55. The quantitative estimate of drug-likeness (QED) is 0.772. The fraction of sp³-hybridized carbons (Fsp3) is 0.368. The number of nitriles is 1. The summed E-state index contributed by atoms with van der Waals surface area (Å²) in [7, 11) is 0. The minimum Gasteiger partial charge on any atom is -0.457 e. The molecule has 0 spiro atoms. The van der Waals surface area contributed by atoms with Crippen molar-refractivity contribution >= 4 is 29.3 Å². The lowest BCUT2D eigenvalue weighted by molar-refractivity contribution is -0.150. The maximum Gasteiger partial charge on any atom is 0.337 e. The van der Waals surface area contributed by atoms with Crippen molar-refractivity contribution in [1.29, 1.82) is 5.26 Å². The largest absolute Gasteiger partial charge is 0.457 e. The minimum atomic E-state index is -0.620. The number of hydrogen-bond donors (Lipinski definition) is 1. The van der Waals surface area contributed by atoms with Crippen LogP contribution in [-0.2, 0) is 9.53 Å². The van der Waals surface area contributed by atoms with Crippen LogP contribution in [0.2, 0.25) is 5.02 Å². The van der Waals surface area contributed by atoms with E-state index in [1.165, 1.54) is 11.8 Å². The van der Waals surface area contributed by atoms with Crippen molar-refractivity contribution in [2.45, 2.75) is 39.2 Å². The van der Waals surface area contributed by atoms with Gasteiger partial charge in [0.1, 0.15) is 5.60 Å². The lowest BCUT2D eigenvalue weighted by Gasteiger charge is -2.31. The van der Waals surface area contributed by atoms with Gasteiger partial charge >= 0.3 is 5.97 Å². The molecule has 2 rings (SSSR count). The smallest absolute Gasteiger partial charge is 0.337 e. The molecule has 1 aromatic carbocycles. The number of thioether (sulfide) groups is 1. The normalized spacial score (nSPS) is 17.9. The molecule has 6 heteroatoms. The molecule has 1 aliphatic rings. The van der Waals surface area contributed by atoms with E-state index in [-0.39, 0.29) is 0 Å². The lowest BCUT2D eigenvalue weighted by Crippen LogP contribution is -2.32. The van der Waals surface area contributed by atoms with Crippen molar-refractivity contribution < 1.29 is 9.53 Å². The molecule has 132 valence electrons. The first-order valence-corrected chi connectivity index (χ1v) is 9.43. The van der Waals surface area contributed by atoms with E-state index in [0.29, 0.717) is 21.9 Å². The van der Waals surface area contributed by atoms with Gasteiger partial charge in [-0.2, -0.15) is 5.26 Å².